The van der Waals surface area contributed by atoms with Gasteiger partial charge in [-0.15, -0.1) is 0 Å². The van der Waals surface area contributed by atoms with Crippen LogP contribution in [0.15, 0.2) is 41.4 Å². The van der Waals surface area contributed by atoms with Crippen LogP contribution in [0.3, 0.4) is 0 Å². The van der Waals surface area contributed by atoms with E-state index in [1.54, 1.807) is 50.4 Å². The van der Waals surface area contributed by atoms with Crippen molar-refractivity contribution in [2.75, 3.05) is 11.1 Å². The SMILES string of the molecule is CC(C)S(=O)(=O)c1ccccc1Nc1nc(N)nc2cc[nH]c12. The summed E-state index contributed by atoms with van der Waals surface area (Å²) >= 11 is 0. The molecule has 0 fully saturated rings. The number of H-pyrrole nitrogens is 1. The van der Waals surface area contributed by atoms with Crippen LogP contribution < -0.4 is 11.1 Å². The maximum Gasteiger partial charge on any atom is 0.222 e. The molecule has 0 amide bonds. The summed E-state index contributed by atoms with van der Waals surface area (Å²) in [6.07, 6.45) is 1.72. The van der Waals surface area contributed by atoms with Crippen LogP contribution in [0.2, 0.25) is 0 Å². The molecule has 4 N–H and O–H groups in total. The van der Waals surface area contributed by atoms with E-state index >= 15 is 0 Å². The van der Waals surface area contributed by atoms with E-state index in [1.807, 2.05) is 0 Å². The third-order valence-corrected chi connectivity index (χ3v) is 5.70. The van der Waals surface area contributed by atoms with E-state index in [1.165, 1.54) is 0 Å². The molecule has 0 aliphatic rings. The number of hydrogen-bond donors (Lipinski definition) is 3. The Morgan fingerprint density at radius 1 is 1.17 bits per heavy atom. The molecule has 0 spiro atoms. The Bertz CT molecular complexity index is 963. The predicted octanol–water partition coefficient (Wildman–Crippen LogP) is 2.47. The fourth-order valence-corrected chi connectivity index (χ4v) is 3.45. The lowest BCUT2D eigenvalue weighted by atomic mass is 10.3. The van der Waals surface area contributed by atoms with Gasteiger partial charge in [-0.05, 0) is 32.0 Å². The lowest BCUT2D eigenvalue weighted by Crippen LogP contribution is -2.15. The van der Waals surface area contributed by atoms with Gasteiger partial charge in [-0.1, -0.05) is 12.1 Å². The van der Waals surface area contributed by atoms with Gasteiger partial charge in [0.05, 0.1) is 21.3 Å². The zero-order valence-electron chi connectivity index (χ0n) is 12.7. The highest BCUT2D eigenvalue weighted by Crippen LogP contribution is 2.29. The number of anilines is 3. The first-order chi connectivity index (χ1) is 10.9. The molecule has 8 heteroatoms. The summed E-state index contributed by atoms with van der Waals surface area (Å²) in [4.78, 5) is 11.5. The quantitative estimate of drug-likeness (QED) is 0.676. The molecule has 23 heavy (non-hydrogen) atoms. The zero-order chi connectivity index (χ0) is 16.6. The van der Waals surface area contributed by atoms with E-state index in [0.717, 1.165) is 0 Å². The molecule has 0 radical (unpaired) electrons. The van der Waals surface area contributed by atoms with Crippen molar-refractivity contribution in [1.82, 2.24) is 15.0 Å². The molecule has 7 nitrogen and oxygen atoms in total. The number of aromatic nitrogens is 3. The van der Waals surface area contributed by atoms with E-state index < -0.39 is 15.1 Å². The summed E-state index contributed by atoms with van der Waals surface area (Å²) in [6, 6.07) is 8.50. The standard InChI is InChI=1S/C15H17N5O2S/c1-9(2)23(21,22)12-6-4-3-5-10(12)18-14-13-11(7-8-17-13)19-15(16)20-14/h3-9,17H,1-2H3,(H3,16,18,19,20). The molecule has 0 aliphatic carbocycles. The van der Waals surface area contributed by atoms with E-state index in [2.05, 4.69) is 20.3 Å². The van der Waals surface area contributed by atoms with Gasteiger partial charge in [0.25, 0.3) is 0 Å². The summed E-state index contributed by atoms with van der Waals surface area (Å²) in [6.45, 7) is 3.30. The van der Waals surface area contributed by atoms with Crippen molar-refractivity contribution >= 4 is 38.3 Å². The van der Waals surface area contributed by atoms with Crippen molar-refractivity contribution in [2.45, 2.75) is 24.0 Å². The normalized spacial score (nSPS) is 12.0. The van der Waals surface area contributed by atoms with Crippen molar-refractivity contribution in [3.8, 4) is 0 Å². The van der Waals surface area contributed by atoms with Gasteiger partial charge < -0.3 is 16.0 Å². The van der Waals surface area contributed by atoms with Gasteiger partial charge >= 0.3 is 0 Å². The number of fused-ring (bicyclic) bond motifs is 1. The summed E-state index contributed by atoms with van der Waals surface area (Å²) in [5.74, 6) is 0.549. The Balaban J connectivity index is 2.12. The molecule has 3 aromatic rings. The highest BCUT2D eigenvalue weighted by Gasteiger charge is 2.23. The fourth-order valence-electron chi connectivity index (χ4n) is 2.25. The molecule has 0 aliphatic heterocycles. The number of para-hydroxylation sites is 1. The van der Waals surface area contributed by atoms with Crippen LogP contribution in [0.1, 0.15) is 13.8 Å². The minimum absolute atomic E-state index is 0.115. The van der Waals surface area contributed by atoms with Crippen molar-refractivity contribution in [3.63, 3.8) is 0 Å². The van der Waals surface area contributed by atoms with Gasteiger partial charge in [0, 0.05) is 6.20 Å². The summed E-state index contributed by atoms with van der Waals surface area (Å²) < 4.78 is 25.0. The fraction of sp³-hybridized carbons (Fsp3) is 0.200. The van der Waals surface area contributed by atoms with E-state index in [9.17, 15) is 8.42 Å². The third kappa shape index (κ3) is 2.72. The molecule has 0 saturated heterocycles. The van der Waals surface area contributed by atoms with E-state index in [0.29, 0.717) is 22.5 Å². The Kier molecular flexibility index (Phi) is 3.69. The number of nitrogens with zero attached hydrogens (tertiary/aromatic N) is 2. The number of nitrogen functional groups attached to an aromatic ring is 1. The number of aromatic amines is 1. The predicted molar refractivity (Wildman–Crippen MR) is 90.3 cm³/mol. The number of nitrogens with one attached hydrogen (secondary N) is 2. The minimum atomic E-state index is -3.43. The van der Waals surface area contributed by atoms with Gasteiger partial charge in [-0.3, -0.25) is 0 Å². The number of rotatable bonds is 4. The van der Waals surface area contributed by atoms with Crippen LogP contribution in [0.5, 0.6) is 0 Å². The lowest BCUT2D eigenvalue weighted by Gasteiger charge is -2.14. The maximum atomic E-state index is 12.5. The van der Waals surface area contributed by atoms with Gasteiger partial charge in [-0.2, -0.15) is 4.98 Å². The molecule has 0 atom stereocenters. The highest BCUT2D eigenvalue weighted by atomic mass is 32.2. The van der Waals surface area contributed by atoms with Crippen LogP contribution in [0.4, 0.5) is 17.5 Å². The first-order valence-electron chi connectivity index (χ1n) is 7.10. The monoisotopic (exact) mass is 331 g/mol. The van der Waals surface area contributed by atoms with Crippen LogP contribution in [0.25, 0.3) is 11.0 Å². The molecule has 0 bridgehead atoms. The van der Waals surface area contributed by atoms with Crippen LogP contribution in [-0.4, -0.2) is 28.6 Å². The molecular formula is C15H17N5O2S. The second-order valence-corrected chi connectivity index (χ2v) is 7.86. The second kappa shape index (κ2) is 5.54. The number of benzene rings is 1. The first-order valence-corrected chi connectivity index (χ1v) is 8.65. The number of nitrogens with two attached hydrogens (primary N) is 1. The first kappa shape index (κ1) is 15.3. The average molecular weight is 331 g/mol. The van der Waals surface area contributed by atoms with Crippen LogP contribution in [-0.2, 0) is 9.84 Å². The maximum absolute atomic E-state index is 12.5. The van der Waals surface area contributed by atoms with Crippen molar-refractivity contribution in [3.05, 3.63) is 36.5 Å². The average Bonchev–Trinajstić information content (AvgIpc) is 2.95. The van der Waals surface area contributed by atoms with Gasteiger partial charge in [0.2, 0.25) is 5.95 Å². The van der Waals surface area contributed by atoms with Crippen LogP contribution >= 0.6 is 0 Å². The summed E-state index contributed by atoms with van der Waals surface area (Å²) in [5, 5.41) is 2.54. The Hall–Kier alpha value is -2.61. The smallest absolute Gasteiger partial charge is 0.222 e. The van der Waals surface area contributed by atoms with Gasteiger partial charge in [0.1, 0.15) is 5.52 Å². The molecule has 0 saturated carbocycles. The molecule has 3 rings (SSSR count). The van der Waals surface area contributed by atoms with Crippen LogP contribution in [0, 0.1) is 0 Å². The molecule has 2 heterocycles. The van der Waals surface area contributed by atoms with Gasteiger partial charge in [-0.25, -0.2) is 13.4 Å². The Morgan fingerprint density at radius 2 is 1.91 bits per heavy atom. The molecule has 120 valence electrons. The molecule has 2 aromatic heterocycles. The largest absolute Gasteiger partial charge is 0.368 e. The minimum Gasteiger partial charge on any atom is -0.368 e. The Morgan fingerprint density at radius 3 is 2.65 bits per heavy atom. The number of sulfone groups is 1. The van der Waals surface area contributed by atoms with Gasteiger partial charge in [0.15, 0.2) is 15.7 Å². The summed E-state index contributed by atoms with van der Waals surface area (Å²) in [5.41, 5.74) is 7.49. The molecular weight excluding hydrogens is 314 g/mol. The second-order valence-electron chi connectivity index (χ2n) is 5.38. The van der Waals surface area contributed by atoms with E-state index in [4.69, 9.17) is 5.73 Å². The summed E-state index contributed by atoms with van der Waals surface area (Å²) in [7, 11) is -3.43. The highest BCUT2D eigenvalue weighted by molar-refractivity contribution is 7.92. The number of hydrogen-bond acceptors (Lipinski definition) is 6. The third-order valence-electron chi connectivity index (χ3n) is 3.49. The van der Waals surface area contributed by atoms with Crippen molar-refractivity contribution in [2.24, 2.45) is 0 Å². The lowest BCUT2D eigenvalue weighted by molar-refractivity contribution is 0.588. The van der Waals surface area contributed by atoms with Crippen molar-refractivity contribution in [1.29, 1.82) is 0 Å². The molecule has 1 aromatic carbocycles. The zero-order valence-corrected chi connectivity index (χ0v) is 13.6. The Labute approximate surface area is 133 Å². The molecule has 0 unspecified atom stereocenters. The topological polar surface area (TPSA) is 114 Å². The van der Waals surface area contributed by atoms with E-state index in [-0.39, 0.29) is 10.8 Å². The van der Waals surface area contributed by atoms with Crippen molar-refractivity contribution < 1.29 is 8.42 Å².